The Morgan fingerprint density at radius 3 is 2.83 bits per heavy atom. The fourth-order valence-electron chi connectivity index (χ4n) is 2.04. The van der Waals surface area contributed by atoms with E-state index in [4.69, 9.17) is 5.84 Å². The third-order valence-electron chi connectivity index (χ3n) is 2.96. The van der Waals surface area contributed by atoms with E-state index in [0.717, 1.165) is 12.0 Å². The van der Waals surface area contributed by atoms with Crippen LogP contribution in [0.2, 0.25) is 0 Å². The molecule has 18 heavy (non-hydrogen) atoms. The number of benzene rings is 1. The summed E-state index contributed by atoms with van der Waals surface area (Å²) >= 11 is 0. The largest absolute Gasteiger partial charge is 0.338 e. The maximum absolute atomic E-state index is 11.5. The molecule has 1 aromatic carbocycles. The molecule has 1 aliphatic heterocycles. The van der Waals surface area contributed by atoms with Crippen LogP contribution < -0.4 is 11.3 Å². The summed E-state index contributed by atoms with van der Waals surface area (Å²) in [6.07, 6.45) is 1.41. The van der Waals surface area contributed by atoms with Crippen molar-refractivity contribution in [1.82, 2.24) is 4.90 Å². The highest BCUT2D eigenvalue weighted by molar-refractivity contribution is 5.78. The number of nitrogens with zero attached hydrogens (tertiary/aromatic N) is 2. The molecular formula is C11H14N4O3. The molecular weight excluding hydrogens is 236 g/mol. The van der Waals surface area contributed by atoms with Gasteiger partial charge in [-0.3, -0.25) is 20.8 Å². The Bertz CT molecular complexity index is 489. The number of carbonyl (C=O) groups is 1. The lowest BCUT2D eigenvalue weighted by Crippen LogP contribution is -2.23. The van der Waals surface area contributed by atoms with Gasteiger partial charge >= 0.3 is 0 Å². The van der Waals surface area contributed by atoms with Crippen molar-refractivity contribution < 1.29 is 9.72 Å². The predicted molar refractivity (Wildman–Crippen MR) is 65.6 cm³/mol. The van der Waals surface area contributed by atoms with E-state index in [-0.39, 0.29) is 17.3 Å². The maximum Gasteiger partial charge on any atom is 0.293 e. The zero-order valence-electron chi connectivity index (χ0n) is 9.76. The highest BCUT2D eigenvalue weighted by atomic mass is 16.6. The van der Waals surface area contributed by atoms with Gasteiger partial charge in [-0.15, -0.1) is 0 Å². The standard InChI is InChI=1S/C11H14N4O3/c12-13-9-4-3-8(6-10(9)15(17)18)7-14-5-1-2-11(14)16/h3-4,6,13H,1-2,5,7,12H2. The van der Waals surface area contributed by atoms with Crippen LogP contribution in [0.25, 0.3) is 0 Å². The molecule has 7 nitrogen and oxygen atoms in total. The fraction of sp³-hybridized carbons (Fsp3) is 0.364. The SMILES string of the molecule is NNc1ccc(CN2CCCC2=O)cc1[N+](=O)[O-]. The molecule has 1 heterocycles. The second-order valence-corrected chi connectivity index (χ2v) is 4.17. The molecule has 1 fully saturated rings. The molecule has 2 rings (SSSR count). The summed E-state index contributed by atoms with van der Waals surface area (Å²) < 4.78 is 0. The molecule has 1 aromatic rings. The van der Waals surface area contributed by atoms with Crippen molar-refractivity contribution in [2.24, 2.45) is 5.84 Å². The third-order valence-corrected chi connectivity index (χ3v) is 2.96. The number of rotatable bonds is 4. The number of nitrogens with two attached hydrogens (primary N) is 1. The van der Waals surface area contributed by atoms with Crippen molar-refractivity contribution in [2.75, 3.05) is 12.0 Å². The van der Waals surface area contributed by atoms with Gasteiger partial charge in [0.1, 0.15) is 5.69 Å². The molecule has 0 radical (unpaired) electrons. The molecule has 0 bridgehead atoms. The Hall–Kier alpha value is -2.15. The average molecular weight is 250 g/mol. The number of nitro groups is 1. The van der Waals surface area contributed by atoms with Crippen LogP contribution >= 0.6 is 0 Å². The molecule has 0 spiro atoms. The molecule has 1 aliphatic rings. The summed E-state index contributed by atoms with van der Waals surface area (Å²) in [6, 6.07) is 4.72. The van der Waals surface area contributed by atoms with Crippen molar-refractivity contribution in [1.29, 1.82) is 0 Å². The number of anilines is 1. The normalized spacial score (nSPS) is 14.9. The first-order valence-electron chi connectivity index (χ1n) is 5.63. The number of likely N-dealkylation sites (tertiary alicyclic amines) is 1. The van der Waals surface area contributed by atoms with E-state index in [1.54, 1.807) is 17.0 Å². The minimum atomic E-state index is -0.496. The van der Waals surface area contributed by atoms with Gasteiger partial charge in [0.25, 0.3) is 5.69 Å². The molecule has 0 aliphatic carbocycles. The Balaban J connectivity index is 2.21. The summed E-state index contributed by atoms with van der Waals surface area (Å²) in [5.41, 5.74) is 3.20. The smallest absolute Gasteiger partial charge is 0.293 e. The average Bonchev–Trinajstić information content (AvgIpc) is 2.75. The Kier molecular flexibility index (Phi) is 3.42. The molecule has 0 saturated carbocycles. The second kappa shape index (κ2) is 5.01. The lowest BCUT2D eigenvalue weighted by atomic mass is 10.1. The van der Waals surface area contributed by atoms with E-state index in [2.05, 4.69) is 5.43 Å². The first-order chi connectivity index (χ1) is 8.61. The Morgan fingerprint density at radius 2 is 2.28 bits per heavy atom. The first kappa shape index (κ1) is 12.3. The molecule has 0 unspecified atom stereocenters. The lowest BCUT2D eigenvalue weighted by Gasteiger charge is -2.15. The molecule has 1 amide bonds. The third kappa shape index (κ3) is 2.40. The molecule has 0 atom stereocenters. The van der Waals surface area contributed by atoms with Crippen LogP contribution in [0.5, 0.6) is 0 Å². The number of hydrogen-bond donors (Lipinski definition) is 2. The van der Waals surface area contributed by atoms with Crippen molar-refractivity contribution in [2.45, 2.75) is 19.4 Å². The van der Waals surface area contributed by atoms with Gasteiger partial charge in [0.05, 0.1) is 4.92 Å². The number of carbonyl (C=O) groups excluding carboxylic acids is 1. The first-order valence-corrected chi connectivity index (χ1v) is 5.63. The van der Waals surface area contributed by atoms with Gasteiger partial charge < -0.3 is 10.3 Å². The zero-order valence-corrected chi connectivity index (χ0v) is 9.76. The summed E-state index contributed by atoms with van der Waals surface area (Å²) in [4.78, 5) is 23.6. The molecule has 1 saturated heterocycles. The summed E-state index contributed by atoms with van der Waals surface area (Å²) in [6.45, 7) is 1.12. The molecule has 3 N–H and O–H groups in total. The Morgan fingerprint density at radius 1 is 1.50 bits per heavy atom. The molecule has 7 heteroatoms. The predicted octanol–water partition coefficient (Wildman–Crippen LogP) is 1.00. The fourth-order valence-corrected chi connectivity index (χ4v) is 2.04. The van der Waals surface area contributed by atoms with Gasteiger partial charge in [0.2, 0.25) is 5.91 Å². The highest BCUT2D eigenvalue weighted by Crippen LogP contribution is 2.26. The van der Waals surface area contributed by atoms with Gasteiger partial charge in [0.15, 0.2) is 0 Å². The van der Waals surface area contributed by atoms with Gasteiger partial charge in [-0.25, -0.2) is 0 Å². The van der Waals surface area contributed by atoms with Gasteiger partial charge in [-0.1, -0.05) is 6.07 Å². The van der Waals surface area contributed by atoms with E-state index >= 15 is 0 Å². The summed E-state index contributed by atoms with van der Waals surface area (Å²) in [7, 11) is 0. The van der Waals surface area contributed by atoms with Crippen LogP contribution in [0.15, 0.2) is 18.2 Å². The molecule has 96 valence electrons. The van der Waals surface area contributed by atoms with Gasteiger partial charge in [-0.05, 0) is 18.1 Å². The monoisotopic (exact) mass is 250 g/mol. The van der Waals surface area contributed by atoms with Crippen LogP contribution in [0.3, 0.4) is 0 Å². The van der Waals surface area contributed by atoms with E-state index < -0.39 is 4.92 Å². The highest BCUT2D eigenvalue weighted by Gasteiger charge is 2.21. The minimum absolute atomic E-state index is 0.0818. The number of nitro benzene ring substituents is 1. The summed E-state index contributed by atoms with van der Waals surface area (Å²) in [5, 5.41) is 10.9. The van der Waals surface area contributed by atoms with Crippen molar-refractivity contribution in [3.8, 4) is 0 Å². The van der Waals surface area contributed by atoms with E-state index in [9.17, 15) is 14.9 Å². The summed E-state index contributed by atoms with van der Waals surface area (Å²) in [5.74, 6) is 5.30. The van der Waals surface area contributed by atoms with E-state index in [0.29, 0.717) is 19.5 Å². The molecule has 0 aromatic heterocycles. The van der Waals surface area contributed by atoms with Gasteiger partial charge in [-0.2, -0.15) is 0 Å². The Labute approximate surface area is 104 Å². The maximum atomic E-state index is 11.5. The van der Waals surface area contributed by atoms with Crippen molar-refractivity contribution in [3.63, 3.8) is 0 Å². The zero-order chi connectivity index (χ0) is 13.1. The second-order valence-electron chi connectivity index (χ2n) is 4.17. The minimum Gasteiger partial charge on any atom is -0.338 e. The number of nitrogen functional groups attached to an aromatic ring is 1. The van der Waals surface area contributed by atoms with Crippen molar-refractivity contribution >= 4 is 17.3 Å². The van der Waals surface area contributed by atoms with Crippen molar-refractivity contribution in [3.05, 3.63) is 33.9 Å². The number of amides is 1. The van der Waals surface area contributed by atoms with Crippen LogP contribution in [0.4, 0.5) is 11.4 Å². The van der Waals surface area contributed by atoms with Crippen LogP contribution in [-0.4, -0.2) is 22.3 Å². The van der Waals surface area contributed by atoms with E-state index in [1.165, 1.54) is 6.07 Å². The van der Waals surface area contributed by atoms with Crippen LogP contribution in [-0.2, 0) is 11.3 Å². The van der Waals surface area contributed by atoms with Crippen LogP contribution in [0, 0.1) is 10.1 Å². The topological polar surface area (TPSA) is 102 Å². The number of nitrogens with one attached hydrogen (secondary N) is 1. The van der Waals surface area contributed by atoms with E-state index in [1.807, 2.05) is 0 Å². The quantitative estimate of drug-likeness (QED) is 0.471. The van der Waals surface area contributed by atoms with Crippen LogP contribution in [0.1, 0.15) is 18.4 Å². The number of hydrazine groups is 1. The number of hydrogen-bond acceptors (Lipinski definition) is 5. The lowest BCUT2D eigenvalue weighted by molar-refractivity contribution is -0.384. The van der Waals surface area contributed by atoms with Gasteiger partial charge in [0, 0.05) is 25.6 Å².